The number of benzene rings is 2. The highest BCUT2D eigenvalue weighted by atomic mass is 32.2. The van der Waals surface area contributed by atoms with Crippen molar-refractivity contribution in [1.82, 2.24) is 0 Å². The quantitative estimate of drug-likeness (QED) is 0.874. The molecule has 0 amide bonds. The third-order valence-electron chi connectivity index (χ3n) is 3.17. The standard InChI is InChI=1S/C16H14FNO2S/c1-11-3-6-16(12(2)7-11)21(19,20)10-13-4-5-15(17)14(8-13)9-18/h3-8H,10H2,1-2H3. The lowest BCUT2D eigenvalue weighted by Crippen LogP contribution is -2.07. The number of nitriles is 1. The van der Waals surface area contributed by atoms with Gasteiger partial charge in [-0.2, -0.15) is 5.26 Å². The maximum Gasteiger partial charge on any atom is 0.182 e. The van der Waals surface area contributed by atoms with Crippen LogP contribution >= 0.6 is 0 Å². The first kappa shape index (κ1) is 15.2. The zero-order chi connectivity index (χ0) is 15.6. The van der Waals surface area contributed by atoms with E-state index >= 15 is 0 Å². The summed E-state index contributed by atoms with van der Waals surface area (Å²) in [7, 11) is -3.53. The molecule has 2 rings (SSSR count). The lowest BCUT2D eigenvalue weighted by atomic mass is 10.1. The second kappa shape index (κ2) is 5.66. The van der Waals surface area contributed by atoms with Crippen molar-refractivity contribution in [3.8, 4) is 6.07 Å². The Labute approximate surface area is 123 Å². The molecule has 0 saturated heterocycles. The smallest absolute Gasteiger partial charge is 0.182 e. The van der Waals surface area contributed by atoms with Crippen LogP contribution in [0.1, 0.15) is 22.3 Å². The fraction of sp³-hybridized carbons (Fsp3) is 0.188. The van der Waals surface area contributed by atoms with Crippen molar-refractivity contribution in [1.29, 1.82) is 5.26 Å². The van der Waals surface area contributed by atoms with Crippen molar-refractivity contribution in [3.63, 3.8) is 0 Å². The Balaban J connectivity index is 2.40. The van der Waals surface area contributed by atoms with Crippen LogP contribution in [0.5, 0.6) is 0 Å². The highest BCUT2D eigenvalue weighted by Gasteiger charge is 2.18. The summed E-state index contributed by atoms with van der Waals surface area (Å²) in [5, 5.41) is 8.79. The molecule has 0 aliphatic carbocycles. The van der Waals surface area contributed by atoms with E-state index in [4.69, 9.17) is 5.26 Å². The summed E-state index contributed by atoms with van der Waals surface area (Å²) in [4.78, 5) is 0.260. The molecule has 5 heteroatoms. The topological polar surface area (TPSA) is 57.9 Å². The van der Waals surface area contributed by atoms with Crippen LogP contribution in [0, 0.1) is 31.0 Å². The molecular formula is C16H14FNO2S. The summed E-state index contributed by atoms with van der Waals surface area (Å²) in [6.07, 6.45) is 0. The summed E-state index contributed by atoms with van der Waals surface area (Å²) in [5.74, 6) is -0.906. The Hall–Kier alpha value is -2.19. The molecule has 0 spiro atoms. The van der Waals surface area contributed by atoms with Crippen molar-refractivity contribution in [2.45, 2.75) is 24.5 Å². The van der Waals surface area contributed by atoms with Gasteiger partial charge in [0.1, 0.15) is 11.9 Å². The Morgan fingerprint density at radius 1 is 1.14 bits per heavy atom. The lowest BCUT2D eigenvalue weighted by Gasteiger charge is -2.09. The van der Waals surface area contributed by atoms with Gasteiger partial charge in [0.05, 0.1) is 16.2 Å². The van der Waals surface area contributed by atoms with Crippen molar-refractivity contribution in [3.05, 3.63) is 64.5 Å². The van der Waals surface area contributed by atoms with E-state index in [1.54, 1.807) is 31.2 Å². The predicted octanol–water partition coefficient (Wildman–Crippen LogP) is 3.29. The van der Waals surface area contributed by atoms with Gasteiger partial charge in [0.15, 0.2) is 9.84 Å². The van der Waals surface area contributed by atoms with Gasteiger partial charge in [-0.05, 0) is 43.2 Å². The van der Waals surface area contributed by atoms with Gasteiger partial charge < -0.3 is 0 Å². The summed E-state index contributed by atoms with van der Waals surface area (Å²) in [6, 6.07) is 10.6. The Morgan fingerprint density at radius 3 is 2.48 bits per heavy atom. The molecule has 2 aromatic carbocycles. The van der Waals surface area contributed by atoms with Crippen molar-refractivity contribution >= 4 is 9.84 Å². The van der Waals surface area contributed by atoms with Gasteiger partial charge in [-0.25, -0.2) is 12.8 Å². The largest absolute Gasteiger partial charge is 0.223 e. The van der Waals surface area contributed by atoms with E-state index in [0.29, 0.717) is 11.1 Å². The zero-order valence-electron chi connectivity index (χ0n) is 11.7. The van der Waals surface area contributed by atoms with Gasteiger partial charge in [0.2, 0.25) is 0 Å². The molecule has 3 nitrogen and oxygen atoms in total. The van der Waals surface area contributed by atoms with E-state index in [0.717, 1.165) is 11.6 Å². The minimum Gasteiger partial charge on any atom is -0.223 e. The molecule has 0 atom stereocenters. The van der Waals surface area contributed by atoms with Crippen molar-refractivity contribution in [2.75, 3.05) is 0 Å². The predicted molar refractivity (Wildman–Crippen MR) is 77.9 cm³/mol. The average molecular weight is 303 g/mol. The van der Waals surface area contributed by atoms with Crippen LogP contribution in [0.25, 0.3) is 0 Å². The monoisotopic (exact) mass is 303 g/mol. The van der Waals surface area contributed by atoms with Crippen molar-refractivity contribution < 1.29 is 12.8 Å². The summed E-state index contributed by atoms with van der Waals surface area (Å²) >= 11 is 0. The minimum absolute atomic E-state index is 0.150. The molecule has 0 radical (unpaired) electrons. The summed E-state index contributed by atoms with van der Waals surface area (Å²) in [5.41, 5.74) is 1.91. The first-order valence-corrected chi connectivity index (χ1v) is 7.97. The molecule has 0 N–H and O–H groups in total. The van der Waals surface area contributed by atoms with Crippen LogP contribution in [-0.4, -0.2) is 8.42 Å². The number of halogens is 1. The van der Waals surface area contributed by atoms with Gasteiger partial charge in [0, 0.05) is 0 Å². The van der Waals surface area contributed by atoms with Crippen molar-refractivity contribution in [2.24, 2.45) is 0 Å². The number of nitrogens with zero attached hydrogens (tertiary/aromatic N) is 1. The minimum atomic E-state index is -3.53. The third kappa shape index (κ3) is 3.29. The number of hydrogen-bond acceptors (Lipinski definition) is 3. The highest BCUT2D eigenvalue weighted by Crippen LogP contribution is 2.22. The van der Waals surface area contributed by atoms with E-state index in [9.17, 15) is 12.8 Å². The lowest BCUT2D eigenvalue weighted by molar-refractivity contribution is 0.594. The molecule has 0 aliphatic rings. The molecule has 0 saturated carbocycles. The second-order valence-electron chi connectivity index (χ2n) is 4.95. The molecule has 108 valence electrons. The molecule has 21 heavy (non-hydrogen) atoms. The molecule has 2 aromatic rings. The van der Waals surface area contributed by atoms with Crippen LogP contribution in [0.3, 0.4) is 0 Å². The summed E-state index contributed by atoms with van der Waals surface area (Å²) < 4.78 is 38.1. The van der Waals surface area contributed by atoms with E-state index in [1.807, 2.05) is 6.92 Å². The SMILES string of the molecule is Cc1ccc(S(=O)(=O)Cc2ccc(F)c(C#N)c2)c(C)c1. The Bertz CT molecular complexity index is 836. The van der Waals surface area contributed by atoms with E-state index in [-0.39, 0.29) is 16.2 Å². The summed E-state index contributed by atoms with van der Waals surface area (Å²) in [6.45, 7) is 3.63. The first-order chi connectivity index (χ1) is 9.83. The van der Waals surface area contributed by atoms with E-state index < -0.39 is 15.7 Å². The van der Waals surface area contributed by atoms with Crippen LogP contribution < -0.4 is 0 Å². The third-order valence-corrected chi connectivity index (χ3v) is 5.01. The number of sulfone groups is 1. The van der Waals surface area contributed by atoms with Gasteiger partial charge in [-0.3, -0.25) is 0 Å². The van der Waals surface area contributed by atoms with Crippen LogP contribution in [0.4, 0.5) is 4.39 Å². The van der Waals surface area contributed by atoms with Crippen LogP contribution in [0.15, 0.2) is 41.3 Å². The van der Waals surface area contributed by atoms with Gasteiger partial charge in [0.25, 0.3) is 0 Å². The normalized spacial score (nSPS) is 11.1. The Kier molecular flexibility index (Phi) is 4.10. The van der Waals surface area contributed by atoms with Crippen LogP contribution in [0.2, 0.25) is 0 Å². The first-order valence-electron chi connectivity index (χ1n) is 6.32. The fourth-order valence-electron chi connectivity index (χ4n) is 2.19. The van der Waals surface area contributed by atoms with Gasteiger partial charge >= 0.3 is 0 Å². The van der Waals surface area contributed by atoms with Crippen LogP contribution in [-0.2, 0) is 15.6 Å². The highest BCUT2D eigenvalue weighted by molar-refractivity contribution is 7.90. The molecule has 0 aromatic heterocycles. The molecule has 0 heterocycles. The van der Waals surface area contributed by atoms with E-state index in [1.165, 1.54) is 12.1 Å². The average Bonchev–Trinajstić information content (AvgIpc) is 2.40. The van der Waals surface area contributed by atoms with E-state index in [2.05, 4.69) is 0 Å². The maximum atomic E-state index is 13.3. The zero-order valence-corrected chi connectivity index (χ0v) is 12.5. The second-order valence-corrected chi connectivity index (χ2v) is 6.91. The molecule has 0 bridgehead atoms. The van der Waals surface area contributed by atoms with Gasteiger partial charge in [-0.1, -0.05) is 23.8 Å². The molecule has 0 unspecified atom stereocenters. The molecule has 0 fully saturated rings. The number of hydrogen-bond donors (Lipinski definition) is 0. The fourth-order valence-corrected chi connectivity index (χ4v) is 3.79. The number of rotatable bonds is 3. The number of aryl methyl sites for hydroxylation is 2. The maximum absolute atomic E-state index is 13.3. The molecular weight excluding hydrogens is 289 g/mol. The molecule has 0 aliphatic heterocycles. The Morgan fingerprint density at radius 2 is 1.86 bits per heavy atom. The van der Waals surface area contributed by atoms with Gasteiger partial charge in [-0.15, -0.1) is 0 Å².